The summed E-state index contributed by atoms with van der Waals surface area (Å²) in [4.78, 5) is 12.8. The van der Waals surface area contributed by atoms with Gasteiger partial charge in [0.25, 0.3) is 0 Å². The topological polar surface area (TPSA) is 53.8 Å². The van der Waals surface area contributed by atoms with Crippen LogP contribution in [0.1, 0.15) is 33.1 Å². The smallest absolute Gasteiger partial charge is 0.162 e. The first-order valence-corrected chi connectivity index (χ1v) is 8.40. The molecule has 1 saturated heterocycles. The number of hydrogen-bond donors (Lipinski definition) is 1. The molecule has 1 N–H and O–H groups in total. The number of carbonyl (C=O) groups excluding carboxylic acids is 1. The summed E-state index contributed by atoms with van der Waals surface area (Å²) >= 11 is 1.95. The highest BCUT2D eigenvalue weighted by atomic mass is 32.2. The molecule has 4 nitrogen and oxygen atoms in total. The number of carbonyl (C=O) groups is 1. The maximum atomic E-state index is 12.8. The number of fused-ring (bicyclic) bond motifs is 2. The molecule has 1 aliphatic carbocycles. The number of ketones is 1. The quantitative estimate of drug-likeness (QED) is 0.745. The Morgan fingerprint density at radius 2 is 2.15 bits per heavy atom. The Kier molecular flexibility index (Phi) is 2.50. The van der Waals surface area contributed by atoms with Crippen molar-refractivity contribution in [1.29, 1.82) is 0 Å². The highest BCUT2D eigenvalue weighted by molar-refractivity contribution is 7.99. The Labute approximate surface area is 123 Å². The molecule has 3 aliphatic heterocycles. The zero-order chi connectivity index (χ0) is 14.0. The molecule has 1 spiro atoms. The van der Waals surface area contributed by atoms with Crippen molar-refractivity contribution in [2.75, 3.05) is 18.1 Å². The van der Waals surface area contributed by atoms with Gasteiger partial charge in [-0.3, -0.25) is 4.79 Å². The predicted molar refractivity (Wildman–Crippen MR) is 79.3 cm³/mol. The first-order valence-electron chi connectivity index (χ1n) is 7.25. The third kappa shape index (κ3) is 1.59. The van der Waals surface area contributed by atoms with E-state index in [0.717, 1.165) is 41.4 Å². The fraction of sp³-hybridized carbons (Fsp3) is 0.667. The van der Waals surface area contributed by atoms with Gasteiger partial charge in [-0.15, -0.1) is 5.11 Å². The number of azo groups is 1. The highest BCUT2D eigenvalue weighted by Crippen LogP contribution is 2.56. The molecular formula is C15H19N3OS. The van der Waals surface area contributed by atoms with Crippen molar-refractivity contribution in [2.24, 2.45) is 21.1 Å². The van der Waals surface area contributed by atoms with Crippen LogP contribution in [0.15, 0.2) is 32.9 Å². The number of thioether (sulfide) groups is 1. The molecule has 0 saturated carbocycles. The van der Waals surface area contributed by atoms with Crippen LogP contribution < -0.4 is 5.32 Å². The molecule has 1 fully saturated rings. The van der Waals surface area contributed by atoms with E-state index in [2.05, 4.69) is 29.4 Å². The minimum Gasteiger partial charge on any atom is -0.342 e. The molecule has 0 radical (unpaired) electrons. The summed E-state index contributed by atoms with van der Waals surface area (Å²) in [6.07, 6.45) is 2.66. The van der Waals surface area contributed by atoms with Crippen LogP contribution in [0.3, 0.4) is 0 Å². The molecule has 4 rings (SSSR count). The van der Waals surface area contributed by atoms with Crippen LogP contribution in [0.5, 0.6) is 0 Å². The SMILES string of the molecule is CC1(C)CC(=O)C2=C(C1)NC1=C(CN=N1)C21CCSC1. The Morgan fingerprint density at radius 3 is 2.90 bits per heavy atom. The molecule has 0 bridgehead atoms. The van der Waals surface area contributed by atoms with E-state index >= 15 is 0 Å². The monoisotopic (exact) mass is 289 g/mol. The minimum absolute atomic E-state index is 0.0453. The maximum absolute atomic E-state index is 12.8. The molecule has 5 heteroatoms. The molecule has 1 unspecified atom stereocenters. The Hall–Kier alpha value is -1.10. The molecule has 1 atom stereocenters. The number of rotatable bonds is 0. The van der Waals surface area contributed by atoms with Gasteiger partial charge in [0.2, 0.25) is 0 Å². The Morgan fingerprint density at radius 1 is 1.30 bits per heavy atom. The lowest BCUT2D eigenvalue weighted by atomic mass is 9.63. The van der Waals surface area contributed by atoms with Crippen LogP contribution in [0.4, 0.5) is 0 Å². The number of nitrogens with one attached hydrogen (secondary N) is 1. The normalized spacial score (nSPS) is 34.6. The molecule has 106 valence electrons. The summed E-state index contributed by atoms with van der Waals surface area (Å²) in [7, 11) is 0. The van der Waals surface area contributed by atoms with Crippen LogP contribution in [-0.2, 0) is 4.79 Å². The average Bonchev–Trinajstić information content (AvgIpc) is 2.96. The van der Waals surface area contributed by atoms with E-state index in [1.54, 1.807) is 0 Å². The van der Waals surface area contributed by atoms with Crippen molar-refractivity contribution in [3.8, 4) is 0 Å². The van der Waals surface area contributed by atoms with Crippen LogP contribution in [-0.4, -0.2) is 23.8 Å². The molecule has 4 aliphatic rings. The van der Waals surface area contributed by atoms with Gasteiger partial charge in [0.15, 0.2) is 11.6 Å². The molecule has 0 aromatic rings. The van der Waals surface area contributed by atoms with Crippen molar-refractivity contribution < 1.29 is 4.79 Å². The Bertz CT molecular complexity index is 594. The third-order valence-electron chi connectivity index (χ3n) is 4.91. The van der Waals surface area contributed by atoms with E-state index < -0.39 is 0 Å². The lowest BCUT2D eigenvalue weighted by Crippen LogP contribution is -2.44. The van der Waals surface area contributed by atoms with Gasteiger partial charge >= 0.3 is 0 Å². The highest BCUT2D eigenvalue weighted by Gasteiger charge is 2.52. The first-order chi connectivity index (χ1) is 9.52. The Balaban J connectivity index is 1.87. The van der Waals surface area contributed by atoms with Gasteiger partial charge in [-0.05, 0) is 24.0 Å². The standard InChI is InChI=1S/C15H19N3OS/c1-14(2)5-10-12(11(19)6-14)15(3-4-20-8-15)9-7-16-18-13(9)17-10/h17H,3-8H2,1-2H3. The summed E-state index contributed by atoms with van der Waals surface area (Å²) in [5, 5.41) is 11.9. The van der Waals surface area contributed by atoms with E-state index in [4.69, 9.17) is 0 Å². The van der Waals surface area contributed by atoms with Crippen molar-refractivity contribution in [2.45, 2.75) is 33.1 Å². The van der Waals surface area contributed by atoms with Gasteiger partial charge in [-0.1, -0.05) is 13.8 Å². The summed E-state index contributed by atoms with van der Waals surface area (Å²) in [5.74, 6) is 3.41. The number of dihydropyridines is 1. The zero-order valence-electron chi connectivity index (χ0n) is 12.0. The second-order valence-electron chi connectivity index (χ2n) is 7.03. The second kappa shape index (κ2) is 3.97. The van der Waals surface area contributed by atoms with Gasteiger partial charge in [0.05, 0.1) is 6.54 Å². The zero-order valence-corrected chi connectivity index (χ0v) is 12.8. The molecule has 3 heterocycles. The van der Waals surface area contributed by atoms with E-state index in [9.17, 15) is 4.79 Å². The summed E-state index contributed by atoms with van der Waals surface area (Å²) in [5.41, 5.74) is 3.41. The fourth-order valence-corrected chi connectivity index (χ4v) is 5.52. The molecular weight excluding hydrogens is 270 g/mol. The number of nitrogens with zero attached hydrogens (tertiary/aromatic N) is 2. The van der Waals surface area contributed by atoms with Crippen molar-refractivity contribution in [3.05, 3.63) is 22.7 Å². The second-order valence-corrected chi connectivity index (χ2v) is 8.14. The largest absolute Gasteiger partial charge is 0.342 e. The van der Waals surface area contributed by atoms with Crippen LogP contribution in [0, 0.1) is 10.8 Å². The summed E-state index contributed by atoms with van der Waals surface area (Å²) in [6, 6.07) is 0. The van der Waals surface area contributed by atoms with Gasteiger partial charge in [0, 0.05) is 34.4 Å². The molecule has 20 heavy (non-hydrogen) atoms. The summed E-state index contributed by atoms with van der Waals surface area (Å²) in [6.45, 7) is 5.01. The van der Waals surface area contributed by atoms with E-state index in [-0.39, 0.29) is 10.8 Å². The van der Waals surface area contributed by atoms with Gasteiger partial charge < -0.3 is 5.32 Å². The summed E-state index contributed by atoms with van der Waals surface area (Å²) < 4.78 is 0. The van der Waals surface area contributed by atoms with Crippen molar-refractivity contribution in [3.63, 3.8) is 0 Å². The third-order valence-corrected chi connectivity index (χ3v) is 6.10. The van der Waals surface area contributed by atoms with E-state index in [1.807, 2.05) is 11.8 Å². The number of hydrogen-bond acceptors (Lipinski definition) is 5. The fourth-order valence-electron chi connectivity index (χ4n) is 4.07. The van der Waals surface area contributed by atoms with Gasteiger partial charge in [-0.25, -0.2) is 0 Å². The van der Waals surface area contributed by atoms with Crippen LogP contribution in [0.2, 0.25) is 0 Å². The molecule has 0 amide bonds. The average molecular weight is 289 g/mol. The lowest BCUT2D eigenvalue weighted by Gasteiger charge is -2.43. The molecule has 0 aromatic carbocycles. The van der Waals surface area contributed by atoms with Crippen molar-refractivity contribution in [1.82, 2.24) is 5.32 Å². The number of Topliss-reactive ketones (excluding diaryl/α,β-unsaturated/α-hetero) is 1. The van der Waals surface area contributed by atoms with E-state index in [1.165, 1.54) is 5.57 Å². The van der Waals surface area contributed by atoms with Gasteiger partial charge in [0.1, 0.15) is 0 Å². The predicted octanol–water partition coefficient (Wildman–Crippen LogP) is 3.03. The first kappa shape index (κ1) is 12.6. The molecule has 0 aromatic heterocycles. The minimum atomic E-state index is -0.0718. The van der Waals surface area contributed by atoms with Crippen LogP contribution >= 0.6 is 11.8 Å². The van der Waals surface area contributed by atoms with Crippen LogP contribution in [0.25, 0.3) is 0 Å². The number of allylic oxidation sites excluding steroid dienone is 2. The lowest BCUT2D eigenvalue weighted by molar-refractivity contribution is -0.119. The van der Waals surface area contributed by atoms with E-state index in [0.29, 0.717) is 18.7 Å². The van der Waals surface area contributed by atoms with Gasteiger partial charge in [-0.2, -0.15) is 16.9 Å². The van der Waals surface area contributed by atoms with Crippen molar-refractivity contribution >= 4 is 17.5 Å². The maximum Gasteiger partial charge on any atom is 0.162 e.